The molecule has 7 heteroatoms. The van der Waals surface area contributed by atoms with E-state index in [9.17, 15) is 14.7 Å². The Labute approximate surface area is 161 Å². The van der Waals surface area contributed by atoms with Crippen molar-refractivity contribution in [3.8, 4) is 0 Å². The highest BCUT2D eigenvalue weighted by Crippen LogP contribution is 2.36. The van der Waals surface area contributed by atoms with Crippen LogP contribution in [-0.4, -0.2) is 59.1 Å². The maximum atomic E-state index is 12.9. The van der Waals surface area contributed by atoms with Crippen LogP contribution in [0.1, 0.15) is 26.3 Å². The zero-order chi connectivity index (χ0) is 19.3. The molecule has 5 atom stereocenters. The zero-order valence-electron chi connectivity index (χ0n) is 14.9. The highest BCUT2D eigenvalue weighted by atomic mass is 16.7. The Kier molecular flexibility index (Phi) is 4.25. The van der Waals surface area contributed by atoms with Gasteiger partial charge in [0.25, 0.3) is 11.8 Å². The first-order chi connectivity index (χ1) is 13.6. The lowest BCUT2D eigenvalue weighted by molar-refractivity contribution is -0.213. The molecule has 1 N–H and O–H groups in total. The Morgan fingerprint density at radius 3 is 2.32 bits per heavy atom. The molecule has 0 unspecified atom stereocenters. The van der Waals surface area contributed by atoms with Gasteiger partial charge in [-0.15, -0.1) is 0 Å². The van der Waals surface area contributed by atoms with Crippen molar-refractivity contribution in [2.45, 2.75) is 37.3 Å². The fourth-order valence-corrected chi connectivity index (χ4v) is 4.09. The molecule has 3 heterocycles. The number of aliphatic hydroxyl groups is 1. The number of hydrogen-bond acceptors (Lipinski definition) is 6. The average molecular weight is 381 g/mol. The van der Waals surface area contributed by atoms with Crippen LogP contribution in [0.4, 0.5) is 0 Å². The summed E-state index contributed by atoms with van der Waals surface area (Å²) in [6, 6.07) is 15.2. The first-order valence-corrected chi connectivity index (χ1v) is 9.23. The maximum Gasteiger partial charge on any atom is 0.262 e. The van der Waals surface area contributed by atoms with Gasteiger partial charge in [-0.05, 0) is 17.7 Å². The minimum Gasteiger partial charge on any atom is -0.388 e. The second-order valence-electron chi connectivity index (χ2n) is 7.14. The maximum absolute atomic E-state index is 12.9. The van der Waals surface area contributed by atoms with Crippen LogP contribution in [0.25, 0.3) is 0 Å². The Morgan fingerprint density at radius 1 is 1.00 bits per heavy atom. The quantitative estimate of drug-likeness (QED) is 0.805. The highest BCUT2D eigenvalue weighted by molar-refractivity contribution is 6.21. The average Bonchev–Trinajstić information content (AvgIpc) is 3.26. The lowest BCUT2D eigenvalue weighted by atomic mass is 9.97. The summed E-state index contributed by atoms with van der Waals surface area (Å²) in [5.41, 5.74) is 1.59. The zero-order valence-corrected chi connectivity index (χ0v) is 14.9. The number of nitrogens with zero attached hydrogens (tertiary/aromatic N) is 1. The van der Waals surface area contributed by atoms with Gasteiger partial charge in [0.1, 0.15) is 24.4 Å². The Bertz CT molecular complexity index is 881. The first kappa shape index (κ1) is 17.5. The van der Waals surface area contributed by atoms with Crippen molar-refractivity contribution in [2.24, 2.45) is 0 Å². The highest BCUT2D eigenvalue weighted by Gasteiger charge is 2.56. The molecule has 0 aliphatic carbocycles. The van der Waals surface area contributed by atoms with E-state index in [0.717, 1.165) is 10.5 Å². The van der Waals surface area contributed by atoms with E-state index in [4.69, 9.17) is 14.2 Å². The molecule has 3 aliphatic rings. The van der Waals surface area contributed by atoms with Gasteiger partial charge in [-0.3, -0.25) is 14.5 Å². The topological polar surface area (TPSA) is 85.3 Å². The smallest absolute Gasteiger partial charge is 0.262 e. The van der Waals surface area contributed by atoms with E-state index < -0.39 is 42.5 Å². The number of aliphatic hydroxyl groups excluding tert-OH is 1. The molecule has 2 saturated heterocycles. The van der Waals surface area contributed by atoms with Gasteiger partial charge in [0.05, 0.1) is 24.3 Å². The van der Waals surface area contributed by atoms with Crippen LogP contribution in [0.3, 0.4) is 0 Å². The van der Waals surface area contributed by atoms with Crippen LogP contribution >= 0.6 is 0 Å². The van der Waals surface area contributed by atoms with Gasteiger partial charge in [-0.1, -0.05) is 42.5 Å². The van der Waals surface area contributed by atoms with Crippen LogP contribution in [-0.2, 0) is 20.8 Å². The number of amides is 2. The fourth-order valence-electron chi connectivity index (χ4n) is 4.09. The Morgan fingerprint density at radius 2 is 1.64 bits per heavy atom. The third-order valence-electron chi connectivity index (χ3n) is 5.47. The summed E-state index contributed by atoms with van der Waals surface area (Å²) in [4.78, 5) is 26.8. The molecular weight excluding hydrogens is 362 g/mol. The Hall–Kier alpha value is -2.58. The van der Waals surface area contributed by atoms with Crippen molar-refractivity contribution in [2.75, 3.05) is 6.61 Å². The molecule has 2 aromatic carbocycles. The van der Waals surface area contributed by atoms with Crippen LogP contribution < -0.4 is 0 Å². The summed E-state index contributed by atoms with van der Waals surface area (Å²) in [5, 5.41) is 11.0. The number of imide groups is 1. The van der Waals surface area contributed by atoms with Crippen LogP contribution in [0.2, 0.25) is 0 Å². The van der Waals surface area contributed by atoms with Crippen molar-refractivity contribution in [1.29, 1.82) is 0 Å². The number of fused-ring (bicyclic) bond motifs is 3. The monoisotopic (exact) mass is 381 g/mol. The van der Waals surface area contributed by atoms with E-state index in [0.29, 0.717) is 11.1 Å². The van der Waals surface area contributed by atoms with Crippen LogP contribution in [0.15, 0.2) is 54.6 Å². The SMILES string of the molecule is O=C1c2ccccc2C(=O)N1[C@H]1[C@@H]2OC[C@@H](O2)[C@H](OCc2ccccc2)[C@@H]1O. The normalized spacial score (nSPS) is 31.3. The van der Waals surface area contributed by atoms with Gasteiger partial charge in [0.15, 0.2) is 6.29 Å². The molecule has 0 radical (unpaired) electrons. The molecule has 2 amide bonds. The largest absolute Gasteiger partial charge is 0.388 e. The molecule has 3 aliphatic heterocycles. The van der Waals surface area contributed by atoms with Gasteiger partial charge in [0, 0.05) is 0 Å². The summed E-state index contributed by atoms with van der Waals surface area (Å²) in [6.45, 7) is 0.517. The molecular formula is C21H19NO6. The van der Waals surface area contributed by atoms with E-state index in [1.807, 2.05) is 30.3 Å². The van der Waals surface area contributed by atoms with Crippen molar-refractivity contribution < 1.29 is 28.9 Å². The molecule has 28 heavy (non-hydrogen) atoms. The lowest BCUT2D eigenvalue weighted by Crippen LogP contribution is -2.62. The number of hydrogen-bond donors (Lipinski definition) is 1. The van der Waals surface area contributed by atoms with Gasteiger partial charge in [0.2, 0.25) is 0 Å². The molecule has 2 fully saturated rings. The van der Waals surface area contributed by atoms with E-state index in [2.05, 4.69) is 0 Å². The standard InChI is InChI=1S/C21H19NO6/c23-17-16(22-19(24)13-8-4-5-9-14(13)20(22)25)21-27-11-15(28-21)18(17)26-10-12-6-2-1-3-7-12/h1-9,15-18,21,23H,10-11H2/t15-,16-,17-,18+,21-/m1/s1. The van der Waals surface area contributed by atoms with E-state index >= 15 is 0 Å². The van der Waals surface area contributed by atoms with Crippen molar-refractivity contribution in [1.82, 2.24) is 4.90 Å². The third-order valence-corrected chi connectivity index (χ3v) is 5.47. The fraction of sp³-hybridized carbons (Fsp3) is 0.333. The van der Waals surface area contributed by atoms with E-state index in [1.54, 1.807) is 24.3 Å². The molecule has 0 aromatic heterocycles. The van der Waals surface area contributed by atoms with Crippen molar-refractivity contribution >= 4 is 11.8 Å². The van der Waals surface area contributed by atoms with E-state index in [-0.39, 0.29) is 13.2 Å². The molecule has 144 valence electrons. The minimum atomic E-state index is -1.11. The molecule has 2 bridgehead atoms. The number of carbonyl (C=O) groups is 2. The second kappa shape index (κ2) is 6.79. The second-order valence-corrected chi connectivity index (χ2v) is 7.14. The van der Waals surface area contributed by atoms with Gasteiger partial charge in [-0.25, -0.2) is 0 Å². The molecule has 0 spiro atoms. The summed E-state index contributed by atoms with van der Waals surface area (Å²) in [6.07, 6.45) is -3.14. The number of carbonyl (C=O) groups excluding carboxylic acids is 2. The minimum absolute atomic E-state index is 0.237. The summed E-state index contributed by atoms with van der Waals surface area (Å²) >= 11 is 0. The number of benzene rings is 2. The summed E-state index contributed by atoms with van der Waals surface area (Å²) < 4.78 is 17.4. The predicted octanol–water partition coefficient (Wildman–Crippen LogP) is 1.35. The first-order valence-electron chi connectivity index (χ1n) is 9.23. The predicted molar refractivity (Wildman–Crippen MR) is 96.4 cm³/mol. The van der Waals surface area contributed by atoms with E-state index in [1.165, 1.54) is 0 Å². The molecule has 0 saturated carbocycles. The third kappa shape index (κ3) is 2.67. The molecule has 7 nitrogen and oxygen atoms in total. The van der Waals surface area contributed by atoms with Crippen LogP contribution in [0, 0.1) is 0 Å². The lowest BCUT2D eigenvalue weighted by Gasteiger charge is -2.41. The number of ether oxygens (including phenoxy) is 3. The van der Waals surface area contributed by atoms with Crippen LogP contribution in [0.5, 0.6) is 0 Å². The Balaban J connectivity index is 1.41. The van der Waals surface area contributed by atoms with Gasteiger partial charge < -0.3 is 19.3 Å². The molecule has 2 aromatic rings. The van der Waals surface area contributed by atoms with Gasteiger partial charge in [-0.2, -0.15) is 0 Å². The van der Waals surface area contributed by atoms with Gasteiger partial charge >= 0.3 is 0 Å². The van der Waals surface area contributed by atoms with Crippen molar-refractivity contribution in [3.63, 3.8) is 0 Å². The summed E-state index contributed by atoms with van der Waals surface area (Å²) in [5.74, 6) is -0.909. The summed E-state index contributed by atoms with van der Waals surface area (Å²) in [7, 11) is 0. The number of rotatable bonds is 4. The molecule has 5 rings (SSSR count). The van der Waals surface area contributed by atoms with Crippen molar-refractivity contribution in [3.05, 3.63) is 71.3 Å².